The van der Waals surface area contributed by atoms with Gasteiger partial charge in [-0.3, -0.25) is 4.79 Å². The van der Waals surface area contributed by atoms with Gasteiger partial charge in [-0.15, -0.1) is 0 Å². The summed E-state index contributed by atoms with van der Waals surface area (Å²) >= 11 is 0. The Labute approximate surface area is 73.7 Å². The fraction of sp³-hybridized carbons (Fsp3) is 0.889. The molecule has 1 unspecified atom stereocenters. The molecular formula is C9H18O3. The summed E-state index contributed by atoms with van der Waals surface area (Å²) in [5, 5.41) is 8.54. The molecule has 3 nitrogen and oxygen atoms in total. The Hall–Kier alpha value is -0.570. The predicted octanol–water partition coefficient (Wildman–Crippen LogP) is 1.35. The Balaban J connectivity index is 3.19. The van der Waals surface area contributed by atoms with Crippen molar-refractivity contribution in [2.45, 2.75) is 33.1 Å². The number of hydrogen-bond acceptors (Lipinski definition) is 3. The van der Waals surface area contributed by atoms with Gasteiger partial charge in [0.25, 0.3) is 0 Å². The number of hydrogen-bond donors (Lipinski definition) is 1. The van der Waals surface area contributed by atoms with Crippen LogP contribution in [0.5, 0.6) is 0 Å². The van der Waals surface area contributed by atoms with Crippen molar-refractivity contribution in [2.75, 3.05) is 13.2 Å². The first-order chi connectivity index (χ1) is 5.66. The van der Waals surface area contributed by atoms with Gasteiger partial charge in [0.15, 0.2) is 0 Å². The smallest absolute Gasteiger partial charge is 0.302 e. The van der Waals surface area contributed by atoms with Crippen molar-refractivity contribution in [3.63, 3.8) is 0 Å². The maximum Gasteiger partial charge on any atom is 0.302 e. The van der Waals surface area contributed by atoms with Gasteiger partial charge < -0.3 is 9.84 Å². The van der Waals surface area contributed by atoms with Crippen LogP contribution in [0, 0.1) is 5.92 Å². The first-order valence-corrected chi connectivity index (χ1v) is 4.41. The molecule has 0 saturated heterocycles. The molecule has 0 aliphatic rings. The predicted molar refractivity (Wildman–Crippen MR) is 46.7 cm³/mol. The average molecular weight is 174 g/mol. The lowest BCUT2D eigenvalue weighted by Crippen LogP contribution is -2.05. The van der Waals surface area contributed by atoms with E-state index < -0.39 is 0 Å². The molecule has 0 spiro atoms. The fourth-order valence-corrected chi connectivity index (χ4v) is 0.988. The van der Waals surface area contributed by atoms with E-state index in [2.05, 4.69) is 6.92 Å². The maximum atomic E-state index is 10.4. The van der Waals surface area contributed by atoms with Crippen molar-refractivity contribution >= 4 is 5.97 Å². The molecule has 0 amide bonds. The van der Waals surface area contributed by atoms with Gasteiger partial charge in [0.1, 0.15) is 0 Å². The lowest BCUT2D eigenvalue weighted by Gasteiger charge is -2.09. The Morgan fingerprint density at radius 2 is 2.17 bits per heavy atom. The lowest BCUT2D eigenvalue weighted by atomic mass is 10.0. The van der Waals surface area contributed by atoms with Crippen LogP contribution in [0.1, 0.15) is 33.1 Å². The Morgan fingerprint density at radius 1 is 1.50 bits per heavy atom. The van der Waals surface area contributed by atoms with E-state index in [1.54, 1.807) is 0 Å². The van der Waals surface area contributed by atoms with Crippen molar-refractivity contribution in [2.24, 2.45) is 5.92 Å². The van der Waals surface area contributed by atoms with Crippen LogP contribution in [-0.4, -0.2) is 24.3 Å². The summed E-state index contributed by atoms with van der Waals surface area (Å²) in [5.41, 5.74) is 0. The van der Waals surface area contributed by atoms with Crippen LogP contribution >= 0.6 is 0 Å². The topological polar surface area (TPSA) is 46.5 Å². The first-order valence-electron chi connectivity index (χ1n) is 4.41. The highest BCUT2D eigenvalue weighted by atomic mass is 16.5. The molecule has 0 aliphatic carbocycles. The normalized spacial score (nSPS) is 12.6. The van der Waals surface area contributed by atoms with Gasteiger partial charge in [-0.05, 0) is 25.2 Å². The lowest BCUT2D eigenvalue weighted by molar-refractivity contribution is -0.141. The second-order valence-electron chi connectivity index (χ2n) is 3.10. The quantitative estimate of drug-likeness (QED) is 0.618. The number of ether oxygens (including phenoxy) is 1. The zero-order chi connectivity index (χ0) is 9.40. The van der Waals surface area contributed by atoms with Gasteiger partial charge >= 0.3 is 5.97 Å². The van der Waals surface area contributed by atoms with E-state index in [4.69, 9.17) is 9.84 Å². The Bertz CT molecular complexity index is 123. The number of aliphatic hydroxyl groups excluding tert-OH is 1. The van der Waals surface area contributed by atoms with E-state index in [0.717, 1.165) is 19.3 Å². The van der Waals surface area contributed by atoms with Crippen LogP contribution in [-0.2, 0) is 9.53 Å². The molecule has 0 aromatic heterocycles. The van der Waals surface area contributed by atoms with Crippen LogP contribution in [0.4, 0.5) is 0 Å². The summed E-state index contributed by atoms with van der Waals surface area (Å²) in [6, 6.07) is 0. The third-order valence-electron chi connectivity index (χ3n) is 1.77. The summed E-state index contributed by atoms with van der Waals surface area (Å²) in [6.45, 7) is 4.26. The van der Waals surface area contributed by atoms with Gasteiger partial charge in [0.2, 0.25) is 0 Å². The summed E-state index contributed by atoms with van der Waals surface area (Å²) in [5.74, 6) is 0.306. The Kier molecular flexibility index (Phi) is 6.76. The standard InChI is InChI=1S/C9H18O3/c1-8(4-3-6-10)5-7-12-9(2)11/h8,10H,3-7H2,1-2H3. The van der Waals surface area contributed by atoms with Crippen molar-refractivity contribution < 1.29 is 14.6 Å². The van der Waals surface area contributed by atoms with E-state index in [1.807, 2.05) is 0 Å². The maximum absolute atomic E-state index is 10.4. The third kappa shape index (κ3) is 7.54. The summed E-state index contributed by atoms with van der Waals surface area (Å²) in [4.78, 5) is 10.4. The van der Waals surface area contributed by atoms with Crippen LogP contribution in [0.25, 0.3) is 0 Å². The minimum Gasteiger partial charge on any atom is -0.466 e. The van der Waals surface area contributed by atoms with Crippen LogP contribution in [0.2, 0.25) is 0 Å². The highest BCUT2D eigenvalue weighted by Crippen LogP contribution is 2.09. The Morgan fingerprint density at radius 3 is 2.67 bits per heavy atom. The summed E-state index contributed by atoms with van der Waals surface area (Å²) < 4.78 is 4.79. The van der Waals surface area contributed by atoms with E-state index in [9.17, 15) is 4.79 Å². The van der Waals surface area contributed by atoms with Crippen molar-refractivity contribution in [1.82, 2.24) is 0 Å². The average Bonchev–Trinajstić information content (AvgIpc) is 2.00. The molecule has 1 atom stereocenters. The zero-order valence-corrected chi connectivity index (χ0v) is 7.88. The van der Waals surface area contributed by atoms with Crippen LogP contribution < -0.4 is 0 Å². The molecule has 0 rings (SSSR count). The summed E-state index contributed by atoms with van der Waals surface area (Å²) in [7, 11) is 0. The third-order valence-corrected chi connectivity index (χ3v) is 1.77. The van der Waals surface area contributed by atoms with Gasteiger partial charge in [0, 0.05) is 13.5 Å². The molecule has 0 fully saturated rings. The van der Waals surface area contributed by atoms with E-state index >= 15 is 0 Å². The van der Waals surface area contributed by atoms with Gasteiger partial charge in [-0.2, -0.15) is 0 Å². The van der Waals surface area contributed by atoms with E-state index in [0.29, 0.717) is 12.5 Å². The highest BCUT2D eigenvalue weighted by molar-refractivity contribution is 5.65. The number of aliphatic hydroxyl groups is 1. The molecule has 0 aromatic carbocycles. The van der Waals surface area contributed by atoms with Gasteiger partial charge in [0.05, 0.1) is 6.61 Å². The SMILES string of the molecule is CC(=O)OCCC(C)CCCO. The van der Waals surface area contributed by atoms with Crippen LogP contribution in [0.15, 0.2) is 0 Å². The minimum atomic E-state index is -0.218. The molecule has 0 radical (unpaired) electrons. The van der Waals surface area contributed by atoms with Crippen molar-refractivity contribution in [1.29, 1.82) is 0 Å². The molecular weight excluding hydrogens is 156 g/mol. The zero-order valence-electron chi connectivity index (χ0n) is 7.88. The molecule has 0 bridgehead atoms. The summed E-state index contributed by atoms with van der Waals surface area (Å²) in [6.07, 6.45) is 2.72. The minimum absolute atomic E-state index is 0.218. The molecule has 1 N–H and O–H groups in total. The number of rotatable bonds is 6. The second-order valence-corrected chi connectivity index (χ2v) is 3.10. The molecule has 12 heavy (non-hydrogen) atoms. The van der Waals surface area contributed by atoms with Crippen molar-refractivity contribution in [3.8, 4) is 0 Å². The second kappa shape index (κ2) is 7.10. The van der Waals surface area contributed by atoms with Crippen molar-refractivity contribution in [3.05, 3.63) is 0 Å². The molecule has 3 heteroatoms. The first kappa shape index (κ1) is 11.4. The van der Waals surface area contributed by atoms with Gasteiger partial charge in [-0.25, -0.2) is 0 Å². The van der Waals surface area contributed by atoms with Crippen LogP contribution in [0.3, 0.4) is 0 Å². The highest BCUT2D eigenvalue weighted by Gasteiger charge is 2.02. The number of carbonyl (C=O) groups is 1. The van der Waals surface area contributed by atoms with Gasteiger partial charge in [-0.1, -0.05) is 6.92 Å². The fourth-order valence-electron chi connectivity index (χ4n) is 0.988. The number of esters is 1. The molecule has 72 valence electrons. The molecule has 0 aliphatic heterocycles. The molecule has 0 heterocycles. The monoisotopic (exact) mass is 174 g/mol. The number of carbonyl (C=O) groups excluding carboxylic acids is 1. The molecule has 0 saturated carbocycles. The largest absolute Gasteiger partial charge is 0.466 e. The van der Waals surface area contributed by atoms with E-state index in [1.165, 1.54) is 6.92 Å². The molecule has 0 aromatic rings. The van der Waals surface area contributed by atoms with E-state index in [-0.39, 0.29) is 12.6 Å².